The zero-order valence-electron chi connectivity index (χ0n) is 23.4. The summed E-state index contributed by atoms with van der Waals surface area (Å²) in [6.45, 7) is 13.8. The quantitative estimate of drug-likeness (QED) is 0.232. The van der Waals surface area contributed by atoms with E-state index in [0.29, 0.717) is 19.6 Å². The van der Waals surface area contributed by atoms with Crippen molar-refractivity contribution < 1.29 is 24.2 Å². The number of carbonyl (C=O) groups is 3. The molecule has 0 aliphatic carbocycles. The third-order valence-electron chi connectivity index (χ3n) is 8.37. The van der Waals surface area contributed by atoms with Gasteiger partial charge >= 0.3 is 5.97 Å². The molecular formula is C31H42N2O5S. The molecule has 6 atom stereocenters. The van der Waals surface area contributed by atoms with Gasteiger partial charge in [0.25, 0.3) is 0 Å². The van der Waals surface area contributed by atoms with Crippen LogP contribution in [-0.4, -0.2) is 74.0 Å². The van der Waals surface area contributed by atoms with Gasteiger partial charge in [0, 0.05) is 17.3 Å². The van der Waals surface area contributed by atoms with Crippen LogP contribution in [0.1, 0.15) is 64.5 Å². The summed E-state index contributed by atoms with van der Waals surface area (Å²) in [5, 5.41) is 10.5. The monoisotopic (exact) mass is 554 g/mol. The number of thioether (sulfide) groups is 1. The second kappa shape index (κ2) is 11.9. The normalized spacial score (nSPS) is 28.2. The fourth-order valence-electron chi connectivity index (χ4n) is 6.63. The number of hydrogen-bond acceptors (Lipinski definition) is 6. The lowest BCUT2D eigenvalue weighted by molar-refractivity contribution is -0.154. The molecular weight excluding hydrogens is 512 g/mol. The molecule has 2 amide bonds. The number of hydrogen-bond donors (Lipinski definition) is 1. The topological polar surface area (TPSA) is 87.1 Å². The first-order valence-corrected chi connectivity index (χ1v) is 14.9. The molecule has 3 heterocycles. The first kappa shape index (κ1) is 29.4. The first-order valence-electron chi connectivity index (χ1n) is 14.0. The summed E-state index contributed by atoms with van der Waals surface area (Å²) in [5.41, 5.74) is 0.246. The van der Waals surface area contributed by atoms with Crippen LogP contribution in [0.3, 0.4) is 0 Å². The van der Waals surface area contributed by atoms with Crippen LogP contribution in [0.25, 0.3) is 0 Å². The molecule has 1 spiro atoms. The van der Waals surface area contributed by atoms with Crippen molar-refractivity contribution in [2.75, 3.05) is 19.8 Å². The van der Waals surface area contributed by atoms with E-state index in [9.17, 15) is 19.5 Å². The van der Waals surface area contributed by atoms with Crippen molar-refractivity contribution in [3.8, 4) is 0 Å². The minimum atomic E-state index is -0.813. The van der Waals surface area contributed by atoms with Gasteiger partial charge in [-0.2, -0.15) is 0 Å². The number of carbonyl (C=O) groups excluding carboxylic acids is 3. The van der Waals surface area contributed by atoms with Crippen LogP contribution in [0.4, 0.5) is 0 Å². The van der Waals surface area contributed by atoms with Crippen molar-refractivity contribution >= 4 is 29.5 Å². The highest BCUT2D eigenvalue weighted by Crippen LogP contribution is 2.67. The van der Waals surface area contributed by atoms with Crippen LogP contribution in [-0.2, 0) is 19.1 Å². The molecule has 0 saturated carbocycles. The van der Waals surface area contributed by atoms with Gasteiger partial charge in [-0.15, -0.1) is 24.9 Å². The minimum absolute atomic E-state index is 0.0659. The minimum Gasteiger partial charge on any atom is -0.465 e. The van der Waals surface area contributed by atoms with Crippen molar-refractivity contribution in [3.63, 3.8) is 0 Å². The smallest absolute Gasteiger partial charge is 0.310 e. The Balaban J connectivity index is 1.74. The Bertz CT molecular complexity index is 1090. The summed E-state index contributed by atoms with van der Waals surface area (Å²) >= 11 is 1.61. The van der Waals surface area contributed by atoms with Crippen molar-refractivity contribution in [2.45, 2.75) is 80.5 Å². The Morgan fingerprint density at radius 3 is 2.56 bits per heavy atom. The van der Waals surface area contributed by atoms with Crippen LogP contribution in [0, 0.1) is 11.8 Å². The number of unbranched alkanes of at least 4 members (excludes halogenated alkanes) is 2. The molecule has 0 aromatic heterocycles. The van der Waals surface area contributed by atoms with E-state index in [1.807, 2.05) is 57.2 Å². The summed E-state index contributed by atoms with van der Waals surface area (Å²) in [6.07, 6.45) is 7.44. The van der Waals surface area contributed by atoms with Crippen LogP contribution in [0.2, 0.25) is 0 Å². The average Bonchev–Trinajstić information content (AvgIpc) is 3.55. The van der Waals surface area contributed by atoms with E-state index in [1.54, 1.807) is 27.6 Å². The predicted octanol–water partition coefficient (Wildman–Crippen LogP) is 4.52. The van der Waals surface area contributed by atoms with Crippen LogP contribution in [0.5, 0.6) is 0 Å². The van der Waals surface area contributed by atoms with Gasteiger partial charge in [-0.05, 0) is 58.4 Å². The number of rotatable bonds is 12. The number of ether oxygens (including phenoxy) is 1. The van der Waals surface area contributed by atoms with Crippen molar-refractivity contribution in [3.05, 3.63) is 61.2 Å². The molecule has 3 aliphatic rings. The summed E-state index contributed by atoms with van der Waals surface area (Å²) in [7, 11) is 0. The SMILES string of the molecule is C=CCCCCOC(=O)[C@@H]1[C@H]2C(=O)N([C@H](CO)c3ccccc3)C(C(=O)N(CC=C)C(C)(C)C)C23CC[C@H]1S3. The van der Waals surface area contributed by atoms with E-state index in [-0.39, 0.29) is 29.6 Å². The number of likely N-dealkylation sites (tertiary alicyclic amines) is 1. The number of aliphatic hydroxyl groups is 1. The molecule has 4 rings (SSSR count). The molecule has 2 unspecified atom stereocenters. The van der Waals surface area contributed by atoms with Gasteiger partial charge in [0.2, 0.25) is 11.8 Å². The molecule has 1 aromatic rings. The van der Waals surface area contributed by atoms with E-state index in [2.05, 4.69) is 13.2 Å². The van der Waals surface area contributed by atoms with Gasteiger partial charge in [-0.3, -0.25) is 14.4 Å². The van der Waals surface area contributed by atoms with Gasteiger partial charge < -0.3 is 19.6 Å². The van der Waals surface area contributed by atoms with Crippen LogP contribution >= 0.6 is 11.8 Å². The van der Waals surface area contributed by atoms with Crippen LogP contribution in [0.15, 0.2) is 55.6 Å². The van der Waals surface area contributed by atoms with E-state index in [1.165, 1.54) is 0 Å². The second-order valence-electron chi connectivity index (χ2n) is 11.8. The summed E-state index contributed by atoms with van der Waals surface area (Å²) in [5.74, 6) is -2.03. The summed E-state index contributed by atoms with van der Waals surface area (Å²) < 4.78 is 4.95. The number of aliphatic hydroxyl groups excluding tert-OH is 1. The van der Waals surface area contributed by atoms with E-state index < -0.39 is 34.2 Å². The maximum Gasteiger partial charge on any atom is 0.310 e. The molecule has 212 valence electrons. The Hall–Kier alpha value is -2.58. The fourth-order valence-corrected chi connectivity index (χ4v) is 8.82. The van der Waals surface area contributed by atoms with Crippen LogP contribution < -0.4 is 0 Å². The number of amides is 2. The summed E-state index contributed by atoms with van der Waals surface area (Å²) in [6, 6.07) is 7.82. The zero-order chi connectivity index (χ0) is 28.4. The van der Waals surface area contributed by atoms with Gasteiger partial charge in [0.15, 0.2) is 0 Å². The number of nitrogens with zero attached hydrogens (tertiary/aromatic N) is 2. The Morgan fingerprint density at radius 2 is 1.95 bits per heavy atom. The molecule has 2 bridgehead atoms. The van der Waals surface area contributed by atoms with Gasteiger partial charge in [-0.1, -0.05) is 42.5 Å². The molecule has 39 heavy (non-hydrogen) atoms. The Morgan fingerprint density at radius 1 is 1.23 bits per heavy atom. The fraction of sp³-hybridized carbons (Fsp3) is 0.581. The molecule has 1 N–H and O–H groups in total. The molecule has 1 aromatic carbocycles. The Labute approximate surface area is 236 Å². The lowest BCUT2D eigenvalue weighted by Crippen LogP contribution is -2.59. The van der Waals surface area contributed by atoms with Gasteiger partial charge in [0.05, 0.1) is 35.8 Å². The molecule has 8 heteroatoms. The highest BCUT2D eigenvalue weighted by atomic mass is 32.2. The van der Waals surface area contributed by atoms with Gasteiger partial charge in [0.1, 0.15) is 6.04 Å². The third-order valence-corrected chi connectivity index (χ3v) is 10.3. The second-order valence-corrected chi connectivity index (χ2v) is 13.4. The van der Waals surface area contributed by atoms with E-state index in [0.717, 1.165) is 31.2 Å². The lowest BCUT2D eigenvalue weighted by Gasteiger charge is -2.43. The maximum atomic E-state index is 14.5. The van der Waals surface area contributed by atoms with Crippen molar-refractivity contribution in [2.24, 2.45) is 11.8 Å². The average molecular weight is 555 g/mol. The van der Waals surface area contributed by atoms with Gasteiger partial charge in [-0.25, -0.2) is 0 Å². The number of allylic oxidation sites excluding steroid dienone is 1. The first-order chi connectivity index (χ1) is 18.6. The highest BCUT2D eigenvalue weighted by Gasteiger charge is 2.75. The molecule has 3 aliphatic heterocycles. The standard InChI is InChI=1S/C31H42N2O5S/c1-6-8-9-13-19-38-29(37)24-23-16-17-31(39-23)25(24)27(35)33(22(20-34)21-14-11-10-12-15-21)26(31)28(36)32(18-7-2)30(3,4)5/h6-7,10-12,14-15,22-26,34H,1-2,8-9,13,16-20H2,3-5H3/t22-,23-,24+,25+,26?,31?/m1/s1. The van der Waals surface area contributed by atoms with E-state index in [4.69, 9.17) is 4.74 Å². The van der Waals surface area contributed by atoms with E-state index >= 15 is 0 Å². The number of benzene rings is 1. The largest absolute Gasteiger partial charge is 0.465 e. The lowest BCUT2D eigenvalue weighted by atomic mass is 9.71. The zero-order valence-corrected chi connectivity index (χ0v) is 24.2. The summed E-state index contributed by atoms with van der Waals surface area (Å²) in [4.78, 5) is 45.8. The Kier molecular flexibility index (Phi) is 8.96. The van der Waals surface area contributed by atoms with Crippen molar-refractivity contribution in [1.29, 1.82) is 0 Å². The number of esters is 1. The maximum absolute atomic E-state index is 14.5. The predicted molar refractivity (Wildman–Crippen MR) is 154 cm³/mol. The molecule has 3 fully saturated rings. The number of fused-ring (bicyclic) bond motifs is 1. The molecule has 0 radical (unpaired) electrons. The van der Waals surface area contributed by atoms with Crippen molar-refractivity contribution in [1.82, 2.24) is 9.80 Å². The third kappa shape index (κ3) is 5.30. The molecule has 3 saturated heterocycles. The highest BCUT2D eigenvalue weighted by molar-refractivity contribution is 8.02. The molecule has 7 nitrogen and oxygen atoms in total.